The van der Waals surface area contributed by atoms with Gasteiger partial charge in [-0.25, -0.2) is 4.98 Å². The molecule has 0 spiro atoms. The van der Waals surface area contributed by atoms with Crippen LogP contribution in [0.3, 0.4) is 0 Å². The van der Waals surface area contributed by atoms with E-state index < -0.39 is 0 Å². The Morgan fingerprint density at radius 2 is 2.10 bits per heavy atom. The summed E-state index contributed by atoms with van der Waals surface area (Å²) in [5.74, 6) is 0.671. The van der Waals surface area contributed by atoms with Crippen LogP contribution in [0.15, 0.2) is 29.6 Å². The molecule has 1 aliphatic rings. The van der Waals surface area contributed by atoms with Crippen LogP contribution in [0.2, 0.25) is 0 Å². The van der Waals surface area contributed by atoms with Gasteiger partial charge in [0.1, 0.15) is 0 Å². The van der Waals surface area contributed by atoms with E-state index in [0.29, 0.717) is 5.92 Å². The van der Waals surface area contributed by atoms with Crippen molar-refractivity contribution in [2.75, 3.05) is 11.9 Å². The number of fused-ring (bicyclic) bond motifs is 1. The van der Waals surface area contributed by atoms with Crippen molar-refractivity contribution >= 4 is 17.0 Å². The lowest BCUT2D eigenvalue weighted by Crippen LogP contribution is -2.17. The number of hydrogen-bond donors (Lipinski definition) is 1. The molecule has 3 rings (SSSR count). The number of thiazole rings is 1. The smallest absolute Gasteiger partial charge is 0.0928 e. The highest BCUT2D eigenvalue weighted by Gasteiger charge is 2.21. The quantitative estimate of drug-likeness (QED) is 0.865. The summed E-state index contributed by atoms with van der Waals surface area (Å²) in [5.41, 5.74) is 4.20. The molecule has 3 heteroatoms. The number of aryl methyl sites for hydroxylation is 1. The Hall–Kier alpha value is -1.35. The highest BCUT2D eigenvalue weighted by molar-refractivity contribution is 7.09. The largest absolute Gasteiger partial charge is 0.385 e. The maximum Gasteiger partial charge on any atom is 0.0928 e. The third-order valence-electron chi connectivity index (χ3n) is 4.24. The molecule has 0 radical (unpaired) electrons. The van der Waals surface area contributed by atoms with Gasteiger partial charge in [0.25, 0.3) is 0 Å². The van der Waals surface area contributed by atoms with Crippen LogP contribution in [0.1, 0.15) is 55.8 Å². The molecule has 1 aromatic heterocycles. The number of anilines is 1. The Kier molecular flexibility index (Phi) is 4.03. The van der Waals surface area contributed by atoms with Gasteiger partial charge < -0.3 is 5.32 Å². The summed E-state index contributed by atoms with van der Waals surface area (Å²) in [6, 6.07) is 8.74. The molecule has 2 heterocycles. The minimum atomic E-state index is 0.163. The van der Waals surface area contributed by atoms with Crippen LogP contribution in [-0.4, -0.2) is 11.5 Å². The normalized spacial score (nSPS) is 18.1. The van der Waals surface area contributed by atoms with Crippen LogP contribution in [-0.2, 0) is 11.8 Å². The minimum Gasteiger partial charge on any atom is -0.385 e. The van der Waals surface area contributed by atoms with Crippen LogP contribution in [0.5, 0.6) is 0 Å². The van der Waals surface area contributed by atoms with Gasteiger partial charge in [0.15, 0.2) is 0 Å². The van der Waals surface area contributed by atoms with Gasteiger partial charge in [-0.2, -0.15) is 0 Å². The number of benzene rings is 1. The van der Waals surface area contributed by atoms with Crippen molar-refractivity contribution in [3.8, 4) is 0 Å². The monoisotopic (exact) mass is 300 g/mol. The first-order valence-corrected chi connectivity index (χ1v) is 8.69. The Morgan fingerprint density at radius 3 is 2.86 bits per heavy atom. The third kappa shape index (κ3) is 3.29. The second kappa shape index (κ2) is 5.80. The minimum absolute atomic E-state index is 0.163. The van der Waals surface area contributed by atoms with E-state index in [9.17, 15) is 0 Å². The van der Waals surface area contributed by atoms with E-state index in [4.69, 9.17) is 4.98 Å². The highest BCUT2D eigenvalue weighted by atomic mass is 32.1. The van der Waals surface area contributed by atoms with Gasteiger partial charge in [0.05, 0.1) is 10.7 Å². The van der Waals surface area contributed by atoms with E-state index in [1.807, 2.05) is 11.3 Å². The summed E-state index contributed by atoms with van der Waals surface area (Å²) in [7, 11) is 0. The zero-order chi connectivity index (χ0) is 14.9. The SMILES string of the molecule is CC(C)(C)c1csc(CCC2CCNc3ccccc32)n1. The molecule has 0 amide bonds. The van der Waals surface area contributed by atoms with E-state index in [0.717, 1.165) is 13.0 Å². The van der Waals surface area contributed by atoms with Crippen LogP contribution in [0.4, 0.5) is 5.69 Å². The lowest BCUT2D eigenvalue weighted by atomic mass is 9.87. The van der Waals surface area contributed by atoms with Crippen molar-refractivity contribution in [2.24, 2.45) is 0 Å². The first-order valence-electron chi connectivity index (χ1n) is 7.82. The molecule has 1 N–H and O–H groups in total. The Bertz CT molecular complexity index is 610. The Labute approximate surface area is 131 Å². The van der Waals surface area contributed by atoms with E-state index in [1.165, 1.54) is 34.8 Å². The maximum atomic E-state index is 4.82. The second-order valence-corrected chi connectivity index (χ2v) is 7.86. The topological polar surface area (TPSA) is 24.9 Å². The number of nitrogens with one attached hydrogen (secondary N) is 1. The zero-order valence-corrected chi connectivity index (χ0v) is 14.0. The number of nitrogens with zero attached hydrogens (tertiary/aromatic N) is 1. The molecule has 1 aromatic carbocycles. The van der Waals surface area contributed by atoms with Gasteiger partial charge in [-0.05, 0) is 36.8 Å². The highest BCUT2D eigenvalue weighted by Crippen LogP contribution is 2.35. The lowest BCUT2D eigenvalue weighted by molar-refractivity contribution is 0.560. The summed E-state index contributed by atoms with van der Waals surface area (Å²) in [6.45, 7) is 7.78. The molecule has 0 fully saturated rings. The average Bonchev–Trinajstić information content (AvgIpc) is 2.94. The van der Waals surface area contributed by atoms with Crippen molar-refractivity contribution in [1.29, 1.82) is 0 Å². The number of rotatable bonds is 3. The number of para-hydroxylation sites is 1. The van der Waals surface area contributed by atoms with E-state index in [1.54, 1.807) is 0 Å². The molecule has 21 heavy (non-hydrogen) atoms. The van der Waals surface area contributed by atoms with Crippen molar-refractivity contribution in [3.05, 3.63) is 45.9 Å². The third-order valence-corrected chi connectivity index (χ3v) is 5.14. The average molecular weight is 300 g/mol. The molecule has 1 aliphatic heterocycles. The first-order chi connectivity index (χ1) is 10.0. The van der Waals surface area contributed by atoms with Crippen LogP contribution >= 0.6 is 11.3 Å². The molecule has 0 saturated heterocycles. The Balaban J connectivity index is 1.68. The van der Waals surface area contributed by atoms with Crippen molar-refractivity contribution < 1.29 is 0 Å². The summed E-state index contributed by atoms with van der Waals surface area (Å²) in [4.78, 5) is 4.82. The molecule has 2 aromatic rings. The first kappa shape index (κ1) is 14.6. The van der Waals surface area contributed by atoms with Crippen LogP contribution in [0.25, 0.3) is 0 Å². The van der Waals surface area contributed by atoms with Crippen LogP contribution < -0.4 is 5.32 Å². The fraction of sp³-hybridized carbons (Fsp3) is 0.500. The Morgan fingerprint density at radius 1 is 1.29 bits per heavy atom. The predicted molar refractivity (Wildman–Crippen MR) is 91.4 cm³/mol. The molecule has 112 valence electrons. The van der Waals surface area contributed by atoms with Gasteiger partial charge in [0.2, 0.25) is 0 Å². The van der Waals surface area contributed by atoms with E-state index in [2.05, 4.69) is 55.7 Å². The van der Waals surface area contributed by atoms with Crippen LogP contribution in [0, 0.1) is 0 Å². The van der Waals surface area contributed by atoms with Gasteiger partial charge in [-0.1, -0.05) is 39.0 Å². The van der Waals surface area contributed by atoms with Crippen molar-refractivity contribution in [3.63, 3.8) is 0 Å². The van der Waals surface area contributed by atoms with Gasteiger partial charge in [0, 0.05) is 23.0 Å². The lowest BCUT2D eigenvalue weighted by Gasteiger charge is -2.26. The molecule has 0 saturated carbocycles. The molecule has 0 bridgehead atoms. The molecule has 1 atom stereocenters. The summed E-state index contributed by atoms with van der Waals surface area (Å²) >= 11 is 1.82. The van der Waals surface area contributed by atoms with Gasteiger partial charge in [-0.3, -0.25) is 0 Å². The molecular weight excluding hydrogens is 276 g/mol. The molecular formula is C18H24N2S. The summed E-state index contributed by atoms with van der Waals surface area (Å²) < 4.78 is 0. The fourth-order valence-corrected chi connectivity index (χ4v) is 3.96. The van der Waals surface area contributed by atoms with E-state index in [-0.39, 0.29) is 5.41 Å². The number of aromatic nitrogens is 1. The molecule has 2 nitrogen and oxygen atoms in total. The standard InChI is InChI=1S/C18H24N2S/c1-18(2,3)16-12-21-17(20-16)9-8-13-10-11-19-15-7-5-4-6-14(13)15/h4-7,12-13,19H,8-11H2,1-3H3. The molecule has 0 aliphatic carbocycles. The van der Waals surface area contributed by atoms with Crippen molar-refractivity contribution in [1.82, 2.24) is 4.98 Å². The summed E-state index contributed by atoms with van der Waals surface area (Å²) in [5, 5.41) is 7.02. The number of hydrogen-bond acceptors (Lipinski definition) is 3. The second-order valence-electron chi connectivity index (χ2n) is 6.91. The maximum absolute atomic E-state index is 4.82. The summed E-state index contributed by atoms with van der Waals surface area (Å²) in [6.07, 6.45) is 3.53. The fourth-order valence-electron chi connectivity index (χ4n) is 2.92. The molecule has 1 unspecified atom stereocenters. The zero-order valence-electron chi connectivity index (χ0n) is 13.1. The van der Waals surface area contributed by atoms with Crippen molar-refractivity contribution in [2.45, 2.75) is 51.4 Å². The van der Waals surface area contributed by atoms with E-state index >= 15 is 0 Å². The predicted octanol–water partition coefficient (Wildman–Crippen LogP) is 4.97. The van der Waals surface area contributed by atoms with Gasteiger partial charge >= 0.3 is 0 Å². The van der Waals surface area contributed by atoms with Gasteiger partial charge in [-0.15, -0.1) is 11.3 Å².